The lowest BCUT2D eigenvalue weighted by molar-refractivity contribution is 0.0512. The summed E-state index contributed by atoms with van der Waals surface area (Å²) in [5, 5.41) is 17.8. The molecule has 2 fully saturated rings. The molecule has 1 aliphatic heterocycles. The standard InChI is InChI=1S/C5H8O3/c6-2-1-3(7)5-4(2)8-5/h2-7H,1H2/t2?,3?,4-,5-/m0/s1. The number of hydrogen-bond donors (Lipinski definition) is 2. The first-order chi connectivity index (χ1) is 3.79. The second-order valence-electron chi connectivity index (χ2n) is 2.44. The van der Waals surface area contributed by atoms with Crippen molar-refractivity contribution >= 4 is 0 Å². The molecule has 2 rings (SSSR count). The van der Waals surface area contributed by atoms with Crippen molar-refractivity contribution in [1.82, 2.24) is 0 Å². The lowest BCUT2D eigenvalue weighted by Gasteiger charge is -2.03. The summed E-state index contributed by atoms with van der Waals surface area (Å²) in [6.07, 6.45) is -0.394. The molecule has 0 aromatic rings. The Hall–Kier alpha value is -0.120. The number of rotatable bonds is 0. The molecule has 3 heteroatoms. The van der Waals surface area contributed by atoms with E-state index in [4.69, 9.17) is 14.9 Å². The first-order valence-electron chi connectivity index (χ1n) is 2.80. The van der Waals surface area contributed by atoms with Crippen LogP contribution in [0, 0.1) is 0 Å². The van der Waals surface area contributed by atoms with Crippen molar-refractivity contribution in [3.8, 4) is 0 Å². The van der Waals surface area contributed by atoms with Crippen LogP contribution in [0.1, 0.15) is 6.42 Å². The highest BCUT2D eigenvalue weighted by molar-refractivity contribution is 5.03. The fourth-order valence-electron chi connectivity index (χ4n) is 1.27. The Bertz CT molecular complexity index is 98.2. The van der Waals surface area contributed by atoms with E-state index in [0.29, 0.717) is 6.42 Å². The Morgan fingerprint density at radius 1 is 1.12 bits per heavy atom. The highest BCUT2D eigenvalue weighted by Gasteiger charge is 2.55. The third kappa shape index (κ3) is 0.438. The molecule has 8 heavy (non-hydrogen) atoms. The molecule has 1 aliphatic carbocycles. The SMILES string of the molecule is OC1CC(O)[C@@H]2O[C@@H]12. The monoisotopic (exact) mass is 116 g/mol. The van der Waals surface area contributed by atoms with Crippen molar-refractivity contribution in [2.45, 2.75) is 30.8 Å². The lowest BCUT2D eigenvalue weighted by Crippen LogP contribution is -2.13. The molecule has 46 valence electrons. The largest absolute Gasteiger partial charge is 0.390 e. The maximum atomic E-state index is 8.92. The van der Waals surface area contributed by atoms with E-state index < -0.39 is 12.2 Å². The molecule has 2 N–H and O–H groups in total. The van der Waals surface area contributed by atoms with Gasteiger partial charge in [0.1, 0.15) is 12.2 Å². The van der Waals surface area contributed by atoms with Crippen LogP contribution in [0.5, 0.6) is 0 Å². The minimum atomic E-state index is -0.407. The van der Waals surface area contributed by atoms with E-state index >= 15 is 0 Å². The van der Waals surface area contributed by atoms with Gasteiger partial charge in [-0.3, -0.25) is 0 Å². The van der Waals surface area contributed by atoms with E-state index in [1.165, 1.54) is 0 Å². The molecule has 0 aromatic carbocycles. The molecule has 0 spiro atoms. The summed E-state index contributed by atoms with van der Waals surface area (Å²) >= 11 is 0. The Balaban J connectivity index is 2.09. The number of hydrogen-bond acceptors (Lipinski definition) is 3. The second-order valence-corrected chi connectivity index (χ2v) is 2.44. The molecule has 0 radical (unpaired) electrons. The first-order valence-corrected chi connectivity index (χ1v) is 2.80. The first kappa shape index (κ1) is 4.73. The predicted molar refractivity (Wildman–Crippen MR) is 25.3 cm³/mol. The molecule has 1 saturated heterocycles. The number of aliphatic hydroxyl groups is 2. The van der Waals surface area contributed by atoms with Crippen LogP contribution >= 0.6 is 0 Å². The van der Waals surface area contributed by atoms with Gasteiger partial charge in [0.05, 0.1) is 12.2 Å². The van der Waals surface area contributed by atoms with Gasteiger partial charge in [0.15, 0.2) is 0 Å². The quantitative estimate of drug-likeness (QED) is 0.394. The molecule has 2 aliphatic rings. The van der Waals surface area contributed by atoms with Gasteiger partial charge in [0, 0.05) is 6.42 Å². The zero-order chi connectivity index (χ0) is 5.72. The van der Waals surface area contributed by atoms with Crippen molar-refractivity contribution in [2.24, 2.45) is 0 Å². The van der Waals surface area contributed by atoms with Crippen LogP contribution < -0.4 is 0 Å². The zero-order valence-electron chi connectivity index (χ0n) is 4.32. The van der Waals surface area contributed by atoms with Gasteiger partial charge in [0.25, 0.3) is 0 Å². The highest BCUT2D eigenvalue weighted by Crippen LogP contribution is 2.38. The molecule has 1 saturated carbocycles. The molecular formula is C5H8O3. The van der Waals surface area contributed by atoms with Crippen LogP contribution in [0.25, 0.3) is 0 Å². The van der Waals surface area contributed by atoms with Crippen LogP contribution in [0.2, 0.25) is 0 Å². The summed E-state index contributed by atoms with van der Waals surface area (Å²) in [5.74, 6) is 0. The van der Waals surface area contributed by atoms with Crippen molar-refractivity contribution in [3.05, 3.63) is 0 Å². The molecule has 0 aromatic heterocycles. The topological polar surface area (TPSA) is 53.0 Å². The molecule has 0 bridgehead atoms. The third-order valence-electron chi connectivity index (χ3n) is 1.80. The van der Waals surface area contributed by atoms with Crippen molar-refractivity contribution < 1.29 is 14.9 Å². The van der Waals surface area contributed by atoms with Crippen LogP contribution in [0.15, 0.2) is 0 Å². The maximum absolute atomic E-state index is 8.92. The number of epoxide rings is 1. The van der Waals surface area contributed by atoms with E-state index in [0.717, 1.165) is 0 Å². The summed E-state index contributed by atoms with van der Waals surface area (Å²) in [6, 6.07) is 0. The Kier molecular flexibility index (Phi) is 0.730. The fourth-order valence-corrected chi connectivity index (χ4v) is 1.27. The van der Waals surface area contributed by atoms with Crippen LogP contribution in [0.3, 0.4) is 0 Å². The summed E-state index contributed by atoms with van der Waals surface area (Å²) in [4.78, 5) is 0. The smallest absolute Gasteiger partial charge is 0.113 e. The van der Waals surface area contributed by atoms with Gasteiger partial charge >= 0.3 is 0 Å². The predicted octanol–water partition coefficient (Wildman–Crippen LogP) is -1.12. The maximum Gasteiger partial charge on any atom is 0.113 e. The molecule has 3 nitrogen and oxygen atoms in total. The molecule has 0 amide bonds. The van der Waals surface area contributed by atoms with E-state index in [-0.39, 0.29) is 12.2 Å². The number of fused-ring (bicyclic) bond motifs is 1. The van der Waals surface area contributed by atoms with Crippen molar-refractivity contribution in [1.29, 1.82) is 0 Å². The lowest BCUT2D eigenvalue weighted by atomic mass is 10.3. The number of aliphatic hydroxyl groups excluding tert-OH is 2. The van der Waals surface area contributed by atoms with Gasteiger partial charge in [-0.2, -0.15) is 0 Å². The fraction of sp³-hybridized carbons (Fsp3) is 1.00. The van der Waals surface area contributed by atoms with Crippen LogP contribution in [-0.2, 0) is 4.74 Å². The molecular weight excluding hydrogens is 108 g/mol. The van der Waals surface area contributed by atoms with E-state index in [2.05, 4.69) is 0 Å². The van der Waals surface area contributed by atoms with Crippen molar-refractivity contribution in [3.63, 3.8) is 0 Å². The minimum Gasteiger partial charge on any atom is -0.390 e. The average Bonchev–Trinajstić information content (AvgIpc) is 2.35. The number of ether oxygens (including phenoxy) is 1. The zero-order valence-corrected chi connectivity index (χ0v) is 4.32. The van der Waals surface area contributed by atoms with E-state index in [1.54, 1.807) is 0 Å². The van der Waals surface area contributed by atoms with Crippen LogP contribution in [-0.4, -0.2) is 34.6 Å². The van der Waals surface area contributed by atoms with Gasteiger partial charge < -0.3 is 14.9 Å². The Morgan fingerprint density at radius 2 is 1.62 bits per heavy atom. The van der Waals surface area contributed by atoms with Gasteiger partial charge in [-0.05, 0) is 0 Å². The van der Waals surface area contributed by atoms with Gasteiger partial charge in [-0.15, -0.1) is 0 Å². The molecule has 4 atom stereocenters. The molecule has 2 unspecified atom stereocenters. The highest BCUT2D eigenvalue weighted by atomic mass is 16.6. The van der Waals surface area contributed by atoms with E-state index in [1.807, 2.05) is 0 Å². The van der Waals surface area contributed by atoms with E-state index in [9.17, 15) is 0 Å². The van der Waals surface area contributed by atoms with Gasteiger partial charge in [-0.1, -0.05) is 0 Å². The summed E-state index contributed by atoms with van der Waals surface area (Å²) < 4.78 is 4.88. The Morgan fingerprint density at radius 3 is 1.75 bits per heavy atom. The average molecular weight is 116 g/mol. The van der Waals surface area contributed by atoms with Gasteiger partial charge in [-0.25, -0.2) is 0 Å². The normalized spacial score (nSPS) is 60.8. The second kappa shape index (κ2) is 1.23. The van der Waals surface area contributed by atoms with Gasteiger partial charge in [0.2, 0.25) is 0 Å². The van der Waals surface area contributed by atoms with Crippen LogP contribution in [0.4, 0.5) is 0 Å². The van der Waals surface area contributed by atoms with Crippen molar-refractivity contribution in [2.75, 3.05) is 0 Å². The minimum absolute atomic E-state index is 0.0370. The summed E-state index contributed by atoms with van der Waals surface area (Å²) in [6.45, 7) is 0. The Labute approximate surface area is 46.9 Å². The third-order valence-corrected chi connectivity index (χ3v) is 1.80. The molecule has 1 heterocycles. The summed E-state index contributed by atoms with van der Waals surface area (Å²) in [5.41, 5.74) is 0. The summed E-state index contributed by atoms with van der Waals surface area (Å²) in [7, 11) is 0.